The highest BCUT2D eigenvalue weighted by atomic mass is 19.1. The van der Waals surface area contributed by atoms with E-state index >= 15 is 0 Å². The van der Waals surface area contributed by atoms with Crippen molar-refractivity contribution < 1.29 is 8.78 Å². The van der Waals surface area contributed by atoms with Gasteiger partial charge in [0.15, 0.2) is 0 Å². The Morgan fingerprint density at radius 1 is 1.10 bits per heavy atom. The fourth-order valence-corrected chi connectivity index (χ4v) is 3.21. The Kier molecular flexibility index (Phi) is 5.29. The molecule has 3 aromatic rings. The first-order valence-electron chi connectivity index (χ1n) is 9.05. The van der Waals surface area contributed by atoms with E-state index in [4.69, 9.17) is 12.2 Å². The van der Waals surface area contributed by atoms with Gasteiger partial charge in [-0.2, -0.15) is 5.10 Å². The number of nitrogens with two attached hydrogens (primary N) is 1. The normalized spacial score (nSPS) is 12.4. The summed E-state index contributed by atoms with van der Waals surface area (Å²) in [5.41, 5.74) is 7.49. The Bertz CT molecular complexity index is 1080. The minimum absolute atomic E-state index is 0.0793. The molecule has 0 aliphatic carbocycles. The summed E-state index contributed by atoms with van der Waals surface area (Å²) in [6.45, 7) is 7.46. The van der Waals surface area contributed by atoms with Crippen LogP contribution in [-0.2, 0) is 5.41 Å². The zero-order chi connectivity index (χ0) is 21.3. The minimum atomic E-state index is -0.721. The standard InChI is InChI=1S/C22H21F2N5/c1-6-12(2)14-11-17(19-15(23)8-7-9-16(19)24)28-29-20(14)22(4,5)18-10-13(3)26-21(25)27-18/h1,7-12H,2-5H3,(H2,25,26,27)/t12-/m1/s1. The van der Waals surface area contributed by atoms with Gasteiger partial charge >= 0.3 is 0 Å². The SMILES string of the molecule is C#C[C@@H](C)c1cc(-c2c(F)cccc2F)nnc1C(C)(C)c1cc(C)nc(N)n1. The molecule has 0 amide bonds. The van der Waals surface area contributed by atoms with Gasteiger partial charge in [-0.3, -0.25) is 0 Å². The molecule has 3 rings (SSSR count). The second-order valence-electron chi connectivity index (χ2n) is 7.40. The van der Waals surface area contributed by atoms with Crippen LogP contribution in [0.4, 0.5) is 14.7 Å². The van der Waals surface area contributed by atoms with Crippen LogP contribution in [0.2, 0.25) is 0 Å². The molecular formula is C22H21F2N5. The molecule has 1 atom stereocenters. The van der Waals surface area contributed by atoms with Gasteiger partial charge in [-0.15, -0.1) is 11.5 Å². The van der Waals surface area contributed by atoms with Crippen molar-refractivity contribution in [3.8, 4) is 23.6 Å². The third-order valence-electron chi connectivity index (χ3n) is 4.86. The van der Waals surface area contributed by atoms with Gasteiger partial charge in [0.05, 0.1) is 28.1 Å². The van der Waals surface area contributed by atoms with Gasteiger partial charge < -0.3 is 5.73 Å². The van der Waals surface area contributed by atoms with Crippen molar-refractivity contribution in [1.29, 1.82) is 0 Å². The summed E-state index contributed by atoms with van der Waals surface area (Å²) in [6.07, 6.45) is 5.66. The zero-order valence-corrected chi connectivity index (χ0v) is 16.7. The summed E-state index contributed by atoms with van der Waals surface area (Å²) >= 11 is 0. The lowest BCUT2D eigenvalue weighted by atomic mass is 9.80. The summed E-state index contributed by atoms with van der Waals surface area (Å²) in [5.74, 6) is 1.01. The van der Waals surface area contributed by atoms with Crippen molar-refractivity contribution in [2.45, 2.75) is 39.0 Å². The highest BCUT2D eigenvalue weighted by molar-refractivity contribution is 5.62. The molecule has 0 spiro atoms. The van der Waals surface area contributed by atoms with E-state index < -0.39 is 17.0 Å². The van der Waals surface area contributed by atoms with Gasteiger partial charge in [0.1, 0.15) is 11.6 Å². The fourth-order valence-electron chi connectivity index (χ4n) is 3.21. The number of hydrogen-bond donors (Lipinski definition) is 1. The van der Waals surface area contributed by atoms with Crippen LogP contribution in [-0.4, -0.2) is 20.2 Å². The molecule has 0 aliphatic heterocycles. The minimum Gasteiger partial charge on any atom is -0.368 e. The Hall–Kier alpha value is -3.40. The molecule has 0 bridgehead atoms. The summed E-state index contributed by atoms with van der Waals surface area (Å²) < 4.78 is 28.5. The van der Waals surface area contributed by atoms with Crippen molar-refractivity contribution in [2.75, 3.05) is 5.73 Å². The second-order valence-corrected chi connectivity index (χ2v) is 7.40. The summed E-state index contributed by atoms with van der Waals surface area (Å²) in [6, 6.07) is 7.05. The van der Waals surface area contributed by atoms with E-state index in [1.165, 1.54) is 18.2 Å². The first-order chi connectivity index (χ1) is 13.6. The molecule has 5 nitrogen and oxygen atoms in total. The van der Waals surface area contributed by atoms with Crippen LogP contribution in [0.25, 0.3) is 11.3 Å². The summed E-state index contributed by atoms with van der Waals surface area (Å²) in [5, 5.41) is 8.44. The molecule has 29 heavy (non-hydrogen) atoms. The second kappa shape index (κ2) is 7.55. The molecule has 0 aliphatic rings. The number of aromatic nitrogens is 4. The van der Waals surface area contributed by atoms with Crippen molar-refractivity contribution >= 4 is 5.95 Å². The van der Waals surface area contributed by atoms with Gasteiger partial charge in [0.25, 0.3) is 0 Å². The van der Waals surface area contributed by atoms with Gasteiger partial charge in [-0.25, -0.2) is 18.7 Å². The third-order valence-corrected chi connectivity index (χ3v) is 4.86. The Morgan fingerprint density at radius 3 is 2.34 bits per heavy atom. The van der Waals surface area contributed by atoms with Crippen LogP contribution in [0.3, 0.4) is 0 Å². The summed E-state index contributed by atoms with van der Waals surface area (Å²) in [4.78, 5) is 8.45. The van der Waals surface area contributed by atoms with Crippen molar-refractivity contribution in [3.05, 3.63) is 64.6 Å². The van der Waals surface area contributed by atoms with Crippen LogP contribution in [0, 0.1) is 30.9 Å². The van der Waals surface area contributed by atoms with Gasteiger partial charge in [0.2, 0.25) is 5.95 Å². The number of terminal acetylenes is 1. The lowest BCUT2D eigenvalue weighted by Crippen LogP contribution is -2.26. The number of aryl methyl sites for hydroxylation is 1. The van der Waals surface area contributed by atoms with E-state index in [0.29, 0.717) is 22.6 Å². The van der Waals surface area contributed by atoms with Gasteiger partial charge in [-0.1, -0.05) is 12.0 Å². The number of benzene rings is 1. The van der Waals surface area contributed by atoms with Crippen LogP contribution < -0.4 is 5.73 Å². The van der Waals surface area contributed by atoms with E-state index in [1.807, 2.05) is 33.8 Å². The molecule has 0 saturated carbocycles. The number of hydrogen-bond acceptors (Lipinski definition) is 5. The molecular weight excluding hydrogens is 372 g/mol. The van der Waals surface area contributed by atoms with Crippen LogP contribution in [0.5, 0.6) is 0 Å². The van der Waals surface area contributed by atoms with Gasteiger partial charge in [0, 0.05) is 11.6 Å². The van der Waals surface area contributed by atoms with Crippen molar-refractivity contribution in [1.82, 2.24) is 20.2 Å². The third kappa shape index (κ3) is 3.79. The molecule has 1 aromatic carbocycles. The first-order valence-corrected chi connectivity index (χ1v) is 9.05. The van der Waals surface area contributed by atoms with E-state index in [2.05, 4.69) is 26.1 Å². The zero-order valence-electron chi connectivity index (χ0n) is 16.7. The van der Waals surface area contributed by atoms with Crippen LogP contribution >= 0.6 is 0 Å². The predicted molar refractivity (Wildman–Crippen MR) is 108 cm³/mol. The molecule has 7 heteroatoms. The van der Waals surface area contributed by atoms with Crippen LogP contribution in [0.1, 0.15) is 49.3 Å². The highest BCUT2D eigenvalue weighted by Gasteiger charge is 2.32. The number of halogens is 2. The molecule has 0 fully saturated rings. The quantitative estimate of drug-likeness (QED) is 0.674. The molecule has 0 unspecified atom stereocenters. The average Bonchev–Trinajstić information content (AvgIpc) is 2.66. The molecule has 0 radical (unpaired) electrons. The first kappa shape index (κ1) is 20.3. The number of nitrogens with zero attached hydrogens (tertiary/aromatic N) is 4. The number of rotatable bonds is 4. The molecule has 2 heterocycles. The van der Waals surface area contributed by atoms with Crippen molar-refractivity contribution in [3.63, 3.8) is 0 Å². The lowest BCUT2D eigenvalue weighted by molar-refractivity contribution is 0.568. The molecule has 0 saturated heterocycles. The van der Waals surface area contributed by atoms with Gasteiger partial charge in [-0.05, 0) is 57.5 Å². The van der Waals surface area contributed by atoms with E-state index in [-0.39, 0.29) is 23.1 Å². The lowest BCUT2D eigenvalue weighted by Gasteiger charge is -2.27. The topological polar surface area (TPSA) is 77.6 Å². The Balaban J connectivity index is 2.23. The highest BCUT2D eigenvalue weighted by Crippen LogP contribution is 2.36. The largest absolute Gasteiger partial charge is 0.368 e. The van der Waals surface area contributed by atoms with E-state index in [1.54, 1.807) is 6.07 Å². The molecule has 2 N–H and O–H groups in total. The Morgan fingerprint density at radius 2 is 1.76 bits per heavy atom. The maximum Gasteiger partial charge on any atom is 0.220 e. The van der Waals surface area contributed by atoms with E-state index in [9.17, 15) is 8.78 Å². The van der Waals surface area contributed by atoms with Crippen molar-refractivity contribution in [2.24, 2.45) is 0 Å². The Labute approximate surface area is 168 Å². The summed E-state index contributed by atoms with van der Waals surface area (Å²) in [7, 11) is 0. The molecule has 148 valence electrons. The molecule has 2 aromatic heterocycles. The fraction of sp³-hybridized carbons (Fsp3) is 0.273. The van der Waals surface area contributed by atoms with E-state index in [0.717, 1.165) is 0 Å². The maximum atomic E-state index is 14.3. The maximum absolute atomic E-state index is 14.3. The van der Waals surface area contributed by atoms with Crippen LogP contribution in [0.15, 0.2) is 30.3 Å². The smallest absolute Gasteiger partial charge is 0.220 e. The monoisotopic (exact) mass is 393 g/mol. The number of anilines is 1. The predicted octanol–water partition coefficient (Wildman–Crippen LogP) is 4.17. The average molecular weight is 393 g/mol. The number of nitrogen functional groups attached to an aromatic ring is 1.